The highest BCUT2D eigenvalue weighted by Crippen LogP contribution is 2.49. The topological polar surface area (TPSA) is 196 Å². The molecule has 0 spiro atoms. The smallest absolute Gasteiger partial charge is 0.460 e. The summed E-state index contributed by atoms with van der Waals surface area (Å²) in [4.78, 5) is 58.6. The molecule has 1 aliphatic rings. The number of carbonyl (C=O) groups excluding carboxylic acids is 4. The fraction of sp³-hybridized carbons (Fsp3) is 0.226. The van der Waals surface area contributed by atoms with E-state index >= 15 is 0 Å². The van der Waals surface area contributed by atoms with E-state index in [1.165, 1.54) is 48.5 Å². The zero-order valence-electron chi connectivity index (χ0n) is 25.2. The van der Waals surface area contributed by atoms with Gasteiger partial charge in [-0.3, -0.25) is 33.7 Å². The number of imide groups is 1. The number of hydrogen-bond donors (Lipinski definition) is 0. The van der Waals surface area contributed by atoms with E-state index in [4.69, 9.17) is 32.5 Å². The van der Waals surface area contributed by atoms with E-state index in [0.29, 0.717) is 11.1 Å². The van der Waals surface area contributed by atoms with Gasteiger partial charge in [-0.15, -0.1) is 0 Å². The molecule has 0 N–H and O–H groups in total. The highest BCUT2D eigenvalue weighted by atomic mass is 31.2. The third-order valence-corrected chi connectivity index (χ3v) is 7.59. The second-order valence-electron chi connectivity index (χ2n) is 9.52. The third-order valence-electron chi connectivity index (χ3n) is 6.16. The molecule has 2 amide bonds. The van der Waals surface area contributed by atoms with Crippen molar-refractivity contribution in [3.8, 4) is 11.5 Å². The van der Waals surface area contributed by atoms with Crippen LogP contribution in [0.4, 0.5) is 10.5 Å². The number of esters is 1. The van der Waals surface area contributed by atoms with Crippen molar-refractivity contribution in [2.45, 2.75) is 6.61 Å². The number of ether oxygens (including phenoxy) is 4. The number of carbonyl (C=O) groups is 4. The van der Waals surface area contributed by atoms with Crippen molar-refractivity contribution in [2.24, 2.45) is 0 Å². The molecule has 0 fully saturated rings. The van der Waals surface area contributed by atoms with Gasteiger partial charge in [0.25, 0.3) is 17.5 Å². The summed E-state index contributed by atoms with van der Waals surface area (Å²) in [6.07, 6.45) is 1.28. The predicted molar refractivity (Wildman–Crippen MR) is 164 cm³/mol. The number of phosphoric ester groups is 1. The molecule has 16 nitrogen and oxygen atoms in total. The predicted octanol–water partition coefficient (Wildman–Crippen LogP) is 4.63. The molecule has 3 aromatic rings. The van der Waals surface area contributed by atoms with Gasteiger partial charge in [-0.05, 0) is 42.0 Å². The van der Waals surface area contributed by atoms with Gasteiger partial charge in [0.2, 0.25) is 0 Å². The summed E-state index contributed by atoms with van der Waals surface area (Å²) in [5, 5.41) is 10.7. The van der Waals surface area contributed by atoms with Gasteiger partial charge in [0.15, 0.2) is 0 Å². The lowest BCUT2D eigenvalue weighted by molar-refractivity contribution is -0.384. The van der Waals surface area contributed by atoms with Gasteiger partial charge in [0.05, 0.1) is 43.5 Å². The highest BCUT2D eigenvalue weighted by molar-refractivity contribution is 7.48. The number of nitro groups is 1. The minimum Gasteiger partial charge on any atom is -0.460 e. The van der Waals surface area contributed by atoms with Crippen molar-refractivity contribution in [1.82, 2.24) is 4.90 Å². The van der Waals surface area contributed by atoms with Gasteiger partial charge in [0.1, 0.15) is 24.7 Å². The Morgan fingerprint density at radius 2 is 1.38 bits per heavy atom. The molecule has 0 aromatic heterocycles. The maximum atomic E-state index is 13.5. The van der Waals surface area contributed by atoms with Crippen molar-refractivity contribution >= 4 is 37.4 Å². The lowest BCUT2D eigenvalue weighted by Crippen LogP contribution is -2.33. The van der Waals surface area contributed by atoms with E-state index in [1.54, 1.807) is 30.3 Å². The van der Waals surface area contributed by atoms with Gasteiger partial charge in [-0.2, -0.15) is 0 Å². The first-order valence-corrected chi connectivity index (χ1v) is 15.7. The summed E-state index contributed by atoms with van der Waals surface area (Å²) in [6, 6.07) is 19.0. The Morgan fingerprint density at radius 1 is 0.750 bits per heavy atom. The van der Waals surface area contributed by atoms with Crippen LogP contribution in [0.1, 0.15) is 15.9 Å². The van der Waals surface area contributed by atoms with Crippen LogP contribution in [-0.4, -0.2) is 73.3 Å². The molecule has 4 rings (SSSR count). The van der Waals surface area contributed by atoms with Gasteiger partial charge in [0, 0.05) is 24.3 Å². The Kier molecular flexibility index (Phi) is 12.9. The van der Waals surface area contributed by atoms with E-state index in [1.807, 2.05) is 0 Å². The van der Waals surface area contributed by atoms with Crippen LogP contribution in [0.15, 0.2) is 91.0 Å². The van der Waals surface area contributed by atoms with E-state index in [0.717, 1.165) is 17.1 Å². The fourth-order valence-electron chi connectivity index (χ4n) is 3.83. The van der Waals surface area contributed by atoms with Crippen molar-refractivity contribution in [1.29, 1.82) is 0 Å². The zero-order valence-corrected chi connectivity index (χ0v) is 26.1. The number of rotatable bonds is 18. The first-order chi connectivity index (χ1) is 23.1. The highest BCUT2D eigenvalue weighted by Gasteiger charge is 2.29. The van der Waals surface area contributed by atoms with Gasteiger partial charge < -0.3 is 23.5 Å². The largest absolute Gasteiger partial charge is 0.530 e. The molecule has 1 heterocycles. The Hall–Kier alpha value is -5.41. The summed E-state index contributed by atoms with van der Waals surface area (Å²) in [7, 11) is -4.30. The number of benzene rings is 3. The Bertz CT molecular complexity index is 1640. The molecule has 0 radical (unpaired) electrons. The lowest BCUT2D eigenvalue weighted by atomic mass is 10.2. The molecule has 0 bridgehead atoms. The summed E-state index contributed by atoms with van der Waals surface area (Å²) in [5.41, 5.74) is 0.662. The summed E-state index contributed by atoms with van der Waals surface area (Å²) in [6.45, 7) is -1.13. The number of nitro benzene ring substituents is 1. The van der Waals surface area contributed by atoms with E-state index in [9.17, 15) is 33.9 Å². The average molecular weight is 685 g/mol. The van der Waals surface area contributed by atoms with Gasteiger partial charge in [-0.1, -0.05) is 30.3 Å². The number of non-ortho nitro benzene ring substituents is 1. The summed E-state index contributed by atoms with van der Waals surface area (Å²) < 4.78 is 50.3. The molecule has 1 aliphatic heterocycles. The first kappa shape index (κ1) is 35.4. The SMILES string of the molecule is O=C(OCc1ccc(OP(=O)(OCCOCCN2C(=O)C=CC2=O)OCCOC(=O)c2ccccc2)cc1)Oc1ccc([N+](=O)[O-])cc1. The molecule has 0 aliphatic carbocycles. The molecule has 48 heavy (non-hydrogen) atoms. The molecular formula is C31H29N2O14P. The standard InChI is InChI=1S/C31H29N2O14P/c34-28-14-15-29(35)32(28)16-17-41-18-20-44-48(40,45-21-19-42-30(36)24-4-2-1-3-5-24)47-27-10-6-23(7-11-27)22-43-31(37)46-26-12-8-25(9-13-26)33(38)39/h1-15H,16-22H2. The van der Waals surface area contributed by atoms with Crippen LogP contribution >= 0.6 is 7.82 Å². The van der Waals surface area contributed by atoms with Crippen molar-refractivity contribution in [3.05, 3.63) is 112 Å². The van der Waals surface area contributed by atoms with Crippen LogP contribution in [0.3, 0.4) is 0 Å². The molecule has 0 saturated heterocycles. The monoisotopic (exact) mass is 684 g/mol. The summed E-state index contributed by atoms with van der Waals surface area (Å²) >= 11 is 0. The van der Waals surface area contributed by atoms with Crippen molar-refractivity contribution in [2.75, 3.05) is 39.6 Å². The number of nitrogens with zero attached hydrogens (tertiary/aromatic N) is 2. The maximum absolute atomic E-state index is 13.5. The van der Waals surface area contributed by atoms with Gasteiger partial charge in [-0.25, -0.2) is 14.2 Å². The second-order valence-corrected chi connectivity index (χ2v) is 11.1. The average Bonchev–Trinajstić information content (AvgIpc) is 3.41. The number of hydrogen-bond acceptors (Lipinski definition) is 14. The quantitative estimate of drug-likeness (QED) is 0.0342. The Morgan fingerprint density at radius 3 is 2.02 bits per heavy atom. The zero-order chi connectivity index (χ0) is 34.4. The van der Waals surface area contributed by atoms with E-state index in [2.05, 4.69) is 0 Å². The Balaban J connectivity index is 1.26. The number of amides is 2. The van der Waals surface area contributed by atoms with Crippen molar-refractivity contribution in [3.63, 3.8) is 0 Å². The normalized spacial score (nSPS) is 13.5. The fourth-order valence-corrected chi connectivity index (χ4v) is 4.98. The maximum Gasteiger partial charge on any atom is 0.530 e. The van der Waals surface area contributed by atoms with Crippen LogP contribution < -0.4 is 9.26 Å². The van der Waals surface area contributed by atoms with Crippen LogP contribution in [0, 0.1) is 10.1 Å². The van der Waals surface area contributed by atoms with E-state index in [-0.39, 0.29) is 63.4 Å². The first-order valence-electron chi connectivity index (χ1n) is 14.2. The van der Waals surface area contributed by atoms with Crippen molar-refractivity contribution < 1.29 is 61.2 Å². The molecule has 3 aromatic carbocycles. The van der Waals surface area contributed by atoms with Crippen LogP contribution in [-0.2, 0) is 44.0 Å². The minimum atomic E-state index is -4.30. The molecule has 17 heteroatoms. The second kappa shape index (κ2) is 17.5. The molecule has 1 unspecified atom stereocenters. The third kappa shape index (κ3) is 11.1. The van der Waals surface area contributed by atoms with Crippen LogP contribution in [0.25, 0.3) is 0 Å². The lowest BCUT2D eigenvalue weighted by Gasteiger charge is -2.19. The van der Waals surface area contributed by atoms with Gasteiger partial charge >= 0.3 is 19.9 Å². The molecule has 1 atom stereocenters. The Labute approximate surface area is 273 Å². The van der Waals surface area contributed by atoms with Crippen LogP contribution in [0.2, 0.25) is 0 Å². The molecular weight excluding hydrogens is 655 g/mol. The van der Waals surface area contributed by atoms with Crippen LogP contribution in [0.5, 0.6) is 11.5 Å². The minimum absolute atomic E-state index is 0.00886. The molecule has 0 saturated carbocycles. The van der Waals surface area contributed by atoms with E-state index < -0.39 is 36.7 Å². The summed E-state index contributed by atoms with van der Waals surface area (Å²) in [5.74, 6) is -1.38. The number of phosphoric acid groups is 1. The molecule has 252 valence electrons.